The number of aromatic amines is 1. The third kappa shape index (κ3) is 2.43. The number of aryl methyl sites for hydroxylation is 1. The predicted octanol–water partition coefficient (Wildman–Crippen LogP) is 1.73. The lowest BCUT2D eigenvalue weighted by molar-refractivity contribution is -0.384. The summed E-state index contributed by atoms with van der Waals surface area (Å²) < 4.78 is 5.25. The van der Waals surface area contributed by atoms with Crippen LogP contribution in [0.1, 0.15) is 16.8 Å². The maximum atomic E-state index is 12.1. The largest absolute Gasteiger partial charge is 0.376 e. The van der Waals surface area contributed by atoms with Crippen LogP contribution < -0.4 is 5.56 Å². The Balaban J connectivity index is 2.17. The van der Waals surface area contributed by atoms with Crippen LogP contribution >= 0.6 is 0 Å². The highest BCUT2D eigenvalue weighted by molar-refractivity contribution is 5.63. The molecule has 7 heteroatoms. The highest BCUT2D eigenvalue weighted by Gasteiger charge is 2.18. The lowest BCUT2D eigenvalue weighted by Gasteiger charge is -2.15. The fraction of sp³-hybridized carbons (Fsp3) is 0.286. The number of nitro groups is 1. The molecule has 2 heterocycles. The minimum absolute atomic E-state index is 0.0284. The second-order valence-corrected chi connectivity index (χ2v) is 4.90. The Morgan fingerprint density at radius 3 is 3.00 bits per heavy atom. The van der Waals surface area contributed by atoms with Gasteiger partial charge in [0.25, 0.3) is 11.2 Å². The number of nitro benzene ring substituents is 1. The van der Waals surface area contributed by atoms with Crippen molar-refractivity contribution in [2.24, 2.45) is 0 Å². The van der Waals surface area contributed by atoms with Crippen LogP contribution in [0.25, 0.3) is 11.4 Å². The van der Waals surface area contributed by atoms with Crippen LogP contribution in [-0.4, -0.2) is 21.5 Å². The molecule has 0 radical (unpaired) electrons. The molecule has 0 saturated carbocycles. The van der Waals surface area contributed by atoms with Gasteiger partial charge in [0.1, 0.15) is 5.82 Å². The topological polar surface area (TPSA) is 98.1 Å². The van der Waals surface area contributed by atoms with Gasteiger partial charge in [-0.1, -0.05) is 6.07 Å². The summed E-state index contributed by atoms with van der Waals surface area (Å²) >= 11 is 0. The van der Waals surface area contributed by atoms with Gasteiger partial charge in [0.05, 0.1) is 29.4 Å². The molecule has 2 aromatic rings. The molecule has 1 aromatic carbocycles. The van der Waals surface area contributed by atoms with Crippen molar-refractivity contribution in [2.45, 2.75) is 20.0 Å². The maximum Gasteiger partial charge on any atom is 0.270 e. The molecule has 0 bridgehead atoms. The summed E-state index contributed by atoms with van der Waals surface area (Å²) in [5.41, 5.74) is 2.34. The first-order valence-electron chi connectivity index (χ1n) is 6.51. The summed E-state index contributed by atoms with van der Waals surface area (Å²) in [5.74, 6) is 0.363. The van der Waals surface area contributed by atoms with Crippen LogP contribution in [0.3, 0.4) is 0 Å². The van der Waals surface area contributed by atoms with Crippen LogP contribution in [0.4, 0.5) is 5.69 Å². The minimum atomic E-state index is -0.465. The van der Waals surface area contributed by atoms with Crippen LogP contribution in [0.2, 0.25) is 0 Å². The number of H-pyrrole nitrogens is 1. The molecule has 0 saturated heterocycles. The summed E-state index contributed by atoms with van der Waals surface area (Å²) in [6.45, 7) is 2.60. The average molecular weight is 287 g/mol. The number of non-ortho nitro benzene ring substituents is 1. The summed E-state index contributed by atoms with van der Waals surface area (Å²) in [6.07, 6.45) is 0.570. The van der Waals surface area contributed by atoms with Crippen molar-refractivity contribution in [3.63, 3.8) is 0 Å². The van der Waals surface area contributed by atoms with E-state index in [1.807, 2.05) is 6.92 Å². The van der Waals surface area contributed by atoms with Gasteiger partial charge in [-0.25, -0.2) is 4.98 Å². The maximum absolute atomic E-state index is 12.1. The molecule has 0 atom stereocenters. The molecule has 0 spiro atoms. The lowest BCUT2D eigenvalue weighted by atomic mass is 10.1. The van der Waals surface area contributed by atoms with Crippen LogP contribution in [0, 0.1) is 17.0 Å². The third-order valence-corrected chi connectivity index (χ3v) is 3.52. The summed E-state index contributed by atoms with van der Waals surface area (Å²) in [4.78, 5) is 29.6. The molecule has 1 aliphatic heterocycles. The first-order valence-corrected chi connectivity index (χ1v) is 6.51. The molecule has 1 aromatic heterocycles. The highest BCUT2D eigenvalue weighted by Crippen LogP contribution is 2.25. The van der Waals surface area contributed by atoms with Crippen molar-refractivity contribution in [3.05, 3.63) is 55.5 Å². The number of aromatic nitrogens is 2. The quantitative estimate of drug-likeness (QED) is 0.670. The Hall–Kier alpha value is -2.54. The van der Waals surface area contributed by atoms with E-state index in [0.717, 1.165) is 5.56 Å². The normalized spacial score (nSPS) is 13.8. The zero-order chi connectivity index (χ0) is 15.0. The smallest absolute Gasteiger partial charge is 0.270 e. The van der Waals surface area contributed by atoms with Crippen molar-refractivity contribution in [1.29, 1.82) is 0 Å². The molecule has 1 N–H and O–H groups in total. The van der Waals surface area contributed by atoms with Crippen molar-refractivity contribution in [1.82, 2.24) is 9.97 Å². The van der Waals surface area contributed by atoms with E-state index in [4.69, 9.17) is 4.74 Å². The SMILES string of the molecule is Cc1ccc([N+](=O)[O-])cc1-c1nc2c(c(=O)[nH]1)COCC2. The van der Waals surface area contributed by atoms with Gasteiger partial charge in [0, 0.05) is 24.1 Å². The molecule has 108 valence electrons. The molecule has 1 aliphatic rings. The second-order valence-electron chi connectivity index (χ2n) is 4.90. The molecule has 0 amide bonds. The minimum Gasteiger partial charge on any atom is -0.376 e. The molecule has 0 unspecified atom stereocenters. The molecule has 0 aliphatic carbocycles. The molecule has 0 fully saturated rings. The Bertz CT molecular complexity index is 782. The van der Waals surface area contributed by atoms with Crippen molar-refractivity contribution < 1.29 is 9.66 Å². The summed E-state index contributed by atoms with van der Waals surface area (Å²) in [6, 6.07) is 4.51. The van der Waals surface area contributed by atoms with Crippen molar-refractivity contribution >= 4 is 5.69 Å². The number of nitrogens with zero attached hydrogens (tertiary/aromatic N) is 2. The molecular weight excluding hydrogens is 274 g/mol. The van der Waals surface area contributed by atoms with Gasteiger partial charge in [0.15, 0.2) is 0 Å². The highest BCUT2D eigenvalue weighted by atomic mass is 16.6. The van der Waals surface area contributed by atoms with E-state index in [0.29, 0.717) is 35.7 Å². The zero-order valence-corrected chi connectivity index (χ0v) is 11.4. The monoisotopic (exact) mass is 287 g/mol. The van der Waals surface area contributed by atoms with Crippen LogP contribution in [-0.2, 0) is 17.8 Å². The van der Waals surface area contributed by atoms with Crippen LogP contribution in [0.5, 0.6) is 0 Å². The lowest BCUT2D eigenvalue weighted by Crippen LogP contribution is -2.24. The number of rotatable bonds is 2. The van der Waals surface area contributed by atoms with Gasteiger partial charge in [-0.05, 0) is 12.5 Å². The molecule has 3 rings (SSSR count). The number of hydrogen-bond acceptors (Lipinski definition) is 5. The Morgan fingerprint density at radius 1 is 1.43 bits per heavy atom. The van der Waals surface area contributed by atoms with Gasteiger partial charge in [0.2, 0.25) is 0 Å². The Labute approximate surface area is 119 Å². The van der Waals surface area contributed by atoms with Crippen molar-refractivity contribution in [3.8, 4) is 11.4 Å². The number of nitrogens with one attached hydrogen (secondary N) is 1. The van der Waals surface area contributed by atoms with E-state index >= 15 is 0 Å². The summed E-state index contributed by atoms with van der Waals surface area (Å²) in [7, 11) is 0. The van der Waals surface area contributed by atoms with Gasteiger partial charge in [-0.15, -0.1) is 0 Å². The first kappa shape index (κ1) is 13.4. The second kappa shape index (κ2) is 5.10. The average Bonchev–Trinajstić information content (AvgIpc) is 2.47. The standard InChI is InChI=1S/C14H13N3O4/c1-8-2-3-9(17(19)20)6-10(8)13-15-12-4-5-21-7-11(12)14(18)16-13/h2-3,6H,4-5,7H2,1H3,(H,15,16,18). The van der Waals surface area contributed by atoms with Crippen molar-refractivity contribution in [2.75, 3.05) is 6.61 Å². The predicted molar refractivity (Wildman–Crippen MR) is 75.0 cm³/mol. The fourth-order valence-electron chi connectivity index (χ4n) is 2.35. The number of benzene rings is 1. The Kier molecular flexibility index (Phi) is 3.26. The molecule has 7 nitrogen and oxygen atoms in total. The Morgan fingerprint density at radius 2 is 2.24 bits per heavy atom. The van der Waals surface area contributed by atoms with Crippen LogP contribution in [0.15, 0.2) is 23.0 Å². The summed E-state index contributed by atoms with van der Waals surface area (Å²) in [5, 5.41) is 10.9. The molecular formula is C14H13N3O4. The number of hydrogen-bond donors (Lipinski definition) is 1. The zero-order valence-electron chi connectivity index (χ0n) is 11.4. The fourth-order valence-corrected chi connectivity index (χ4v) is 2.35. The van der Waals surface area contributed by atoms with E-state index in [1.165, 1.54) is 12.1 Å². The van der Waals surface area contributed by atoms with Gasteiger partial charge >= 0.3 is 0 Å². The number of fused-ring (bicyclic) bond motifs is 1. The van der Waals surface area contributed by atoms with E-state index in [9.17, 15) is 14.9 Å². The van der Waals surface area contributed by atoms with Gasteiger partial charge in [-0.3, -0.25) is 14.9 Å². The molecule has 21 heavy (non-hydrogen) atoms. The van der Waals surface area contributed by atoms with Gasteiger partial charge < -0.3 is 9.72 Å². The van der Waals surface area contributed by atoms with Gasteiger partial charge in [-0.2, -0.15) is 0 Å². The first-order chi connectivity index (χ1) is 10.1. The van der Waals surface area contributed by atoms with E-state index in [-0.39, 0.29) is 17.9 Å². The van der Waals surface area contributed by atoms with E-state index in [2.05, 4.69) is 9.97 Å². The number of ether oxygens (including phenoxy) is 1. The third-order valence-electron chi connectivity index (χ3n) is 3.52. The van der Waals surface area contributed by atoms with E-state index < -0.39 is 4.92 Å². The van der Waals surface area contributed by atoms with E-state index in [1.54, 1.807) is 6.07 Å².